The number of nitrogens with zero attached hydrogens (tertiary/aromatic N) is 1. The van der Waals surface area contributed by atoms with Crippen molar-refractivity contribution in [2.45, 2.75) is 13.0 Å². The molecule has 0 radical (unpaired) electrons. The van der Waals surface area contributed by atoms with E-state index in [1.165, 1.54) is 7.11 Å². The summed E-state index contributed by atoms with van der Waals surface area (Å²) >= 11 is 5.73. The summed E-state index contributed by atoms with van der Waals surface area (Å²) in [5.74, 6) is 0.515. The maximum atomic E-state index is 9.15. The van der Waals surface area contributed by atoms with E-state index in [2.05, 4.69) is 4.98 Å². The first-order valence-electron chi connectivity index (χ1n) is 3.53. The SMILES string of the molecule is COc1ccc([C@H](C)O)nc1Cl. The van der Waals surface area contributed by atoms with Gasteiger partial charge in [-0.25, -0.2) is 4.98 Å². The van der Waals surface area contributed by atoms with Crippen molar-refractivity contribution in [3.05, 3.63) is 23.0 Å². The largest absolute Gasteiger partial charge is 0.494 e. The van der Waals surface area contributed by atoms with Crippen molar-refractivity contribution in [2.75, 3.05) is 7.11 Å². The second-order valence-corrected chi connectivity index (χ2v) is 2.76. The Morgan fingerprint density at radius 1 is 1.58 bits per heavy atom. The fourth-order valence-corrected chi connectivity index (χ4v) is 1.06. The molecular formula is C8H10ClNO2. The van der Waals surface area contributed by atoms with Crippen molar-refractivity contribution in [1.29, 1.82) is 0 Å². The minimum absolute atomic E-state index is 0.274. The summed E-state index contributed by atoms with van der Waals surface area (Å²) in [7, 11) is 1.52. The van der Waals surface area contributed by atoms with E-state index >= 15 is 0 Å². The number of aromatic nitrogens is 1. The second-order valence-electron chi connectivity index (χ2n) is 2.41. The van der Waals surface area contributed by atoms with Crippen LogP contribution in [0.2, 0.25) is 5.15 Å². The van der Waals surface area contributed by atoms with Crippen LogP contribution in [0.3, 0.4) is 0 Å². The molecule has 0 aliphatic carbocycles. The normalized spacial score (nSPS) is 12.7. The van der Waals surface area contributed by atoms with Crippen LogP contribution < -0.4 is 4.74 Å². The van der Waals surface area contributed by atoms with E-state index < -0.39 is 6.10 Å². The van der Waals surface area contributed by atoms with Gasteiger partial charge in [-0.05, 0) is 19.1 Å². The molecule has 0 aliphatic rings. The van der Waals surface area contributed by atoms with Gasteiger partial charge in [-0.3, -0.25) is 0 Å². The molecule has 0 saturated heterocycles. The fraction of sp³-hybridized carbons (Fsp3) is 0.375. The zero-order valence-corrected chi connectivity index (χ0v) is 7.67. The molecule has 1 atom stereocenters. The van der Waals surface area contributed by atoms with Gasteiger partial charge in [0.15, 0.2) is 10.9 Å². The number of ether oxygens (including phenoxy) is 1. The molecule has 0 bridgehead atoms. The molecule has 0 aromatic carbocycles. The molecule has 4 heteroatoms. The van der Waals surface area contributed by atoms with Gasteiger partial charge in [0.2, 0.25) is 0 Å². The Balaban J connectivity index is 3.02. The van der Waals surface area contributed by atoms with E-state index in [1.807, 2.05) is 0 Å². The third-order valence-electron chi connectivity index (χ3n) is 1.48. The molecule has 66 valence electrons. The summed E-state index contributed by atoms with van der Waals surface area (Å²) in [6.45, 7) is 1.63. The van der Waals surface area contributed by atoms with Crippen LogP contribution in [-0.2, 0) is 0 Å². The summed E-state index contributed by atoms with van der Waals surface area (Å²) in [5.41, 5.74) is 0.542. The first-order valence-corrected chi connectivity index (χ1v) is 3.91. The lowest BCUT2D eigenvalue weighted by molar-refractivity contribution is 0.194. The molecular weight excluding hydrogens is 178 g/mol. The van der Waals surface area contributed by atoms with Crippen LogP contribution in [-0.4, -0.2) is 17.2 Å². The van der Waals surface area contributed by atoms with E-state index in [0.29, 0.717) is 11.4 Å². The van der Waals surface area contributed by atoms with Crippen molar-refractivity contribution in [1.82, 2.24) is 4.98 Å². The Kier molecular flexibility index (Phi) is 2.89. The Morgan fingerprint density at radius 3 is 2.67 bits per heavy atom. The second kappa shape index (κ2) is 3.74. The van der Waals surface area contributed by atoms with E-state index in [1.54, 1.807) is 19.1 Å². The Bertz CT molecular complexity index is 276. The lowest BCUT2D eigenvalue weighted by Gasteiger charge is -2.06. The van der Waals surface area contributed by atoms with Crippen LogP contribution in [0.15, 0.2) is 12.1 Å². The molecule has 1 N–H and O–H groups in total. The predicted molar refractivity (Wildman–Crippen MR) is 46.4 cm³/mol. The van der Waals surface area contributed by atoms with Gasteiger partial charge in [0.25, 0.3) is 0 Å². The van der Waals surface area contributed by atoms with Gasteiger partial charge in [0.05, 0.1) is 18.9 Å². The van der Waals surface area contributed by atoms with Gasteiger partial charge in [-0.1, -0.05) is 11.6 Å². The molecule has 1 aromatic heterocycles. The van der Waals surface area contributed by atoms with Gasteiger partial charge in [-0.2, -0.15) is 0 Å². The number of hydrogen-bond acceptors (Lipinski definition) is 3. The van der Waals surface area contributed by atoms with Gasteiger partial charge in [0, 0.05) is 0 Å². The van der Waals surface area contributed by atoms with Gasteiger partial charge in [0.1, 0.15) is 0 Å². The van der Waals surface area contributed by atoms with Crippen molar-refractivity contribution in [2.24, 2.45) is 0 Å². The lowest BCUT2D eigenvalue weighted by Crippen LogP contribution is -1.96. The Morgan fingerprint density at radius 2 is 2.25 bits per heavy atom. The Hall–Kier alpha value is -0.800. The first-order chi connectivity index (χ1) is 5.65. The highest BCUT2D eigenvalue weighted by atomic mass is 35.5. The van der Waals surface area contributed by atoms with E-state index in [4.69, 9.17) is 21.4 Å². The van der Waals surface area contributed by atoms with E-state index in [0.717, 1.165) is 0 Å². The number of rotatable bonds is 2. The standard InChI is InChI=1S/C8H10ClNO2/c1-5(11)6-3-4-7(12-2)8(9)10-6/h3-5,11H,1-2H3/t5-/m0/s1. The quantitative estimate of drug-likeness (QED) is 0.718. The molecule has 1 rings (SSSR count). The minimum Gasteiger partial charge on any atom is -0.494 e. The molecule has 0 spiro atoms. The number of pyridine rings is 1. The zero-order valence-electron chi connectivity index (χ0n) is 6.91. The molecule has 1 heterocycles. The highest BCUT2D eigenvalue weighted by molar-refractivity contribution is 6.30. The number of methoxy groups -OCH3 is 1. The van der Waals surface area contributed by atoms with Crippen LogP contribution in [0.5, 0.6) is 5.75 Å². The van der Waals surface area contributed by atoms with Crippen LogP contribution in [0.1, 0.15) is 18.7 Å². The van der Waals surface area contributed by atoms with Crippen molar-refractivity contribution in [3.63, 3.8) is 0 Å². The molecule has 1 aromatic rings. The number of hydrogen-bond donors (Lipinski definition) is 1. The third-order valence-corrected chi connectivity index (χ3v) is 1.75. The van der Waals surface area contributed by atoms with Crippen LogP contribution in [0.25, 0.3) is 0 Å². The molecule has 0 aliphatic heterocycles. The number of aliphatic hydroxyl groups is 1. The van der Waals surface area contributed by atoms with Crippen LogP contribution in [0, 0.1) is 0 Å². The average molecular weight is 188 g/mol. The molecule has 0 amide bonds. The molecule has 0 fully saturated rings. The molecule has 3 nitrogen and oxygen atoms in total. The van der Waals surface area contributed by atoms with Gasteiger partial charge >= 0.3 is 0 Å². The molecule has 12 heavy (non-hydrogen) atoms. The van der Waals surface area contributed by atoms with Crippen molar-refractivity contribution >= 4 is 11.6 Å². The monoisotopic (exact) mass is 187 g/mol. The van der Waals surface area contributed by atoms with Crippen LogP contribution in [0.4, 0.5) is 0 Å². The average Bonchev–Trinajstić information content (AvgIpc) is 2.04. The number of aliphatic hydroxyl groups excluding tert-OH is 1. The van der Waals surface area contributed by atoms with Crippen molar-refractivity contribution in [3.8, 4) is 5.75 Å². The number of halogens is 1. The third kappa shape index (κ3) is 1.87. The van der Waals surface area contributed by atoms with E-state index in [9.17, 15) is 0 Å². The summed E-state index contributed by atoms with van der Waals surface area (Å²) in [6, 6.07) is 3.35. The fourth-order valence-electron chi connectivity index (χ4n) is 0.820. The summed E-state index contributed by atoms with van der Waals surface area (Å²) in [6.07, 6.45) is -0.603. The summed E-state index contributed by atoms with van der Waals surface area (Å²) in [5, 5.41) is 9.42. The first kappa shape index (κ1) is 9.29. The lowest BCUT2D eigenvalue weighted by atomic mass is 10.2. The van der Waals surface area contributed by atoms with Crippen LogP contribution >= 0.6 is 11.6 Å². The zero-order chi connectivity index (χ0) is 9.14. The highest BCUT2D eigenvalue weighted by Crippen LogP contribution is 2.23. The summed E-state index contributed by atoms with van der Waals surface area (Å²) in [4.78, 5) is 3.93. The smallest absolute Gasteiger partial charge is 0.171 e. The predicted octanol–water partition coefficient (Wildman–Crippen LogP) is 1.80. The molecule has 0 unspecified atom stereocenters. The summed E-state index contributed by atoms with van der Waals surface area (Å²) < 4.78 is 4.90. The van der Waals surface area contributed by atoms with Gasteiger partial charge in [-0.15, -0.1) is 0 Å². The van der Waals surface area contributed by atoms with Gasteiger partial charge < -0.3 is 9.84 Å². The minimum atomic E-state index is -0.603. The maximum Gasteiger partial charge on any atom is 0.171 e. The Labute approximate surface area is 76.0 Å². The maximum absolute atomic E-state index is 9.15. The topological polar surface area (TPSA) is 42.4 Å². The van der Waals surface area contributed by atoms with E-state index in [-0.39, 0.29) is 5.15 Å². The highest BCUT2D eigenvalue weighted by Gasteiger charge is 2.06. The van der Waals surface area contributed by atoms with Crippen molar-refractivity contribution < 1.29 is 9.84 Å². The molecule has 0 saturated carbocycles.